The van der Waals surface area contributed by atoms with Crippen molar-refractivity contribution in [2.45, 2.75) is 19.9 Å². The van der Waals surface area contributed by atoms with Gasteiger partial charge in [-0.05, 0) is 19.5 Å². The number of nitrogens with zero attached hydrogens (tertiary/aromatic N) is 2. The van der Waals surface area contributed by atoms with E-state index in [-0.39, 0.29) is 11.6 Å². The average molecular weight is 234 g/mol. The van der Waals surface area contributed by atoms with Crippen LogP contribution in [0.15, 0.2) is 27.4 Å². The molecular weight excluding hydrogens is 220 g/mol. The van der Waals surface area contributed by atoms with Crippen molar-refractivity contribution in [3.63, 3.8) is 0 Å². The molecule has 1 atom stereocenters. The molecule has 0 aliphatic carbocycles. The standard InChI is InChI=1S/C11H14N4O2/c1-3-12-7(2)10-14-15-11(17-10)8-5-4-6-9(16)13-8/h4-7,12H,3H2,1-2H3,(H,13,16). The number of aromatic amines is 1. The van der Waals surface area contributed by atoms with E-state index in [4.69, 9.17) is 4.42 Å². The first-order chi connectivity index (χ1) is 8.20. The Bertz CT molecular complexity index is 546. The SMILES string of the molecule is CCNC(C)c1nnc(-c2cccc(=O)[nH]2)o1. The van der Waals surface area contributed by atoms with Crippen LogP contribution in [-0.4, -0.2) is 21.7 Å². The second kappa shape index (κ2) is 4.92. The van der Waals surface area contributed by atoms with Crippen LogP contribution in [0.5, 0.6) is 0 Å². The van der Waals surface area contributed by atoms with Gasteiger partial charge in [0, 0.05) is 6.07 Å². The zero-order valence-electron chi connectivity index (χ0n) is 9.73. The van der Waals surface area contributed by atoms with E-state index in [0.717, 1.165) is 6.54 Å². The molecule has 2 aromatic heterocycles. The van der Waals surface area contributed by atoms with Crippen molar-refractivity contribution in [2.75, 3.05) is 6.54 Å². The average Bonchev–Trinajstić information content (AvgIpc) is 2.78. The molecule has 0 aliphatic rings. The predicted octanol–water partition coefficient (Wildman–Crippen LogP) is 1.10. The van der Waals surface area contributed by atoms with Crippen molar-refractivity contribution >= 4 is 0 Å². The number of nitrogens with one attached hydrogen (secondary N) is 2. The summed E-state index contributed by atoms with van der Waals surface area (Å²) in [6, 6.07) is 4.79. The summed E-state index contributed by atoms with van der Waals surface area (Å²) in [5.41, 5.74) is 0.335. The minimum atomic E-state index is -0.193. The lowest BCUT2D eigenvalue weighted by Gasteiger charge is -2.05. The fourth-order valence-corrected chi connectivity index (χ4v) is 1.48. The molecule has 0 saturated carbocycles. The molecule has 2 rings (SSSR count). The van der Waals surface area contributed by atoms with Crippen molar-refractivity contribution in [1.82, 2.24) is 20.5 Å². The van der Waals surface area contributed by atoms with Gasteiger partial charge in [0.2, 0.25) is 11.4 Å². The van der Waals surface area contributed by atoms with Gasteiger partial charge in [0.1, 0.15) is 5.69 Å². The fourth-order valence-electron chi connectivity index (χ4n) is 1.48. The molecule has 0 aromatic carbocycles. The summed E-state index contributed by atoms with van der Waals surface area (Å²) in [6.45, 7) is 4.76. The summed E-state index contributed by atoms with van der Waals surface area (Å²) in [5, 5.41) is 11.0. The molecule has 0 bridgehead atoms. The molecular formula is C11H14N4O2. The number of aromatic nitrogens is 3. The molecule has 0 amide bonds. The van der Waals surface area contributed by atoms with Gasteiger partial charge in [-0.2, -0.15) is 0 Å². The van der Waals surface area contributed by atoms with Gasteiger partial charge < -0.3 is 14.7 Å². The summed E-state index contributed by atoms with van der Waals surface area (Å²) >= 11 is 0. The minimum absolute atomic E-state index is 0.00307. The third-order valence-electron chi connectivity index (χ3n) is 2.32. The molecule has 17 heavy (non-hydrogen) atoms. The van der Waals surface area contributed by atoms with Crippen LogP contribution < -0.4 is 10.9 Å². The first-order valence-corrected chi connectivity index (χ1v) is 5.47. The Kier molecular flexibility index (Phi) is 3.34. The van der Waals surface area contributed by atoms with Crippen LogP contribution in [0.3, 0.4) is 0 Å². The normalized spacial score (nSPS) is 12.6. The monoisotopic (exact) mass is 234 g/mol. The second-order valence-corrected chi connectivity index (χ2v) is 3.65. The van der Waals surface area contributed by atoms with E-state index in [9.17, 15) is 4.79 Å². The van der Waals surface area contributed by atoms with E-state index in [0.29, 0.717) is 17.5 Å². The molecule has 2 aromatic rings. The van der Waals surface area contributed by atoms with Gasteiger partial charge in [-0.25, -0.2) is 0 Å². The topological polar surface area (TPSA) is 83.8 Å². The van der Waals surface area contributed by atoms with Crippen LogP contribution in [-0.2, 0) is 0 Å². The minimum Gasteiger partial charge on any atom is -0.418 e. The number of hydrogen-bond donors (Lipinski definition) is 2. The van der Waals surface area contributed by atoms with Gasteiger partial charge in [0.25, 0.3) is 5.89 Å². The zero-order chi connectivity index (χ0) is 12.3. The van der Waals surface area contributed by atoms with Crippen LogP contribution >= 0.6 is 0 Å². The number of hydrogen-bond acceptors (Lipinski definition) is 5. The van der Waals surface area contributed by atoms with Crippen molar-refractivity contribution in [3.05, 3.63) is 34.4 Å². The maximum absolute atomic E-state index is 11.1. The van der Waals surface area contributed by atoms with Gasteiger partial charge in [-0.15, -0.1) is 10.2 Å². The third-order valence-corrected chi connectivity index (χ3v) is 2.32. The Hall–Kier alpha value is -1.95. The molecule has 90 valence electrons. The van der Waals surface area contributed by atoms with Crippen molar-refractivity contribution in [2.24, 2.45) is 0 Å². The predicted molar refractivity (Wildman–Crippen MR) is 62.4 cm³/mol. The van der Waals surface area contributed by atoms with Crippen LogP contribution in [0.1, 0.15) is 25.8 Å². The van der Waals surface area contributed by atoms with E-state index in [1.165, 1.54) is 6.07 Å². The highest BCUT2D eigenvalue weighted by atomic mass is 16.4. The Morgan fingerprint density at radius 1 is 1.47 bits per heavy atom. The molecule has 0 spiro atoms. The first kappa shape index (κ1) is 11.5. The molecule has 0 saturated heterocycles. The van der Waals surface area contributed by atoms with Crippen LogP contribution in [0.25, 0.3) is 11.6 Å². The lowest BCUT2D eigenvalue weighted by atomic mass is 10.3. The molecule has 6 heteroatoms. The molecule has 0 fully saturated rings. The van der Waals surface area contributed by atoms with Crippen molar-refractivity contribution in [1.29, 1.82) is 0 Å². The highest BCUT2D eigenvalue weighted by Crippen LogP contribution is 2.17. The van der Waals surface area contributed by atoms with E-state index in [1.54, 1.807) is 12.1 Å². The Morgan fingerprint density at radius 2 is 2.29 bits per heavy atom. The number of pyridine rings is 1. The number of H-pyrrole nitrogens is 1. The van der Waals surface area contributed by atoms with Crippen LogP contribution in [0, 0.1) is 0 Å². The molecule has 0 aliphatic heterocycles. The van der Waals surface area contributed by atoms with Gasteiger partial charge >= 0.3 is 0 Å². The second-order valence-electron chi connectivity index (χ2n) is 3.65. The van der Waals surface area contributed by atoms with Gasteiger partial charge in [0.15, 0.2) is 0 Å². The van der Waals surface area contributed by atoms with E-state index in [2.05, 4.69) is 20.5 Å². The summed E-state index contributed by atoms with van der Waals surface area (Å²) in [5.74, 6) is 0.828. The van der Waals surface area contributed by atoms with E-state index in [1.807, 2.05) is 13.8 Å². The van der Waals surface area contributed by atoms with Gasteiger partial charge in [-0.3, -0.25) is 4.79 Å². The van der Waals surface area contributed by atoms with Gasteiger partial charge in [0.05, 0.1) is 6.04 Å². The lowest BCUT2D eigenvalue weighted by Crippen LogP contribution is -2.17. The largest absolute Gasteiger partial charge is 0.418 e. The number of rotatable bonds is 4. The van der Waals surface area contributed by atoms with E-state index >= 15 is 0 Å². The van der Waals surface area contributed by atoms with E-state index < -0.39 is 0 Å². The molecule has 1 unspecified atom stereocenters. The Labute approximate surface area is 98.1 Å². The highest BCUT2D eigenvalue weighted by Gasteiger charge is 2.14. The highest BCUT2D eigenvalue weighted by molar-refractivity contribution is 5.44. The van der Waals surface area contributed by atoms with Crippen LogP contribution in [0.4, 0.5) is 0 Å². The fraction of sp³-hybridized carbons (Fsp3) is 0.364. The summed E-state index contributed by atoms with van der Waals surface area (Å²) in [4.78, 5) is 13.8. The summed E-state index contributed by atoms with van der Waals surface area (Å²) in [6.07, 6.45) is 0. The smallest absolute Gasteiger partial charge is 0.264 e. The zero-order valence-corrected chi connectivity index (χ0v) is 9.73. The van der Waals surface area contributed by atoms with Gasteiger partial charge in [-0.1, -0.05) is 13.0 Å². The van der Waals surface area contributed by atoms with Crippen molar-refractivity contribution in [3.8, 4) is 11.6 Å². The third kappa shape index (κ3) is 2.59. The molecule has 0 radical (unpaired) electrons. The molecule has 2 N–H and O–H groups in total. The quantitative estimate of drug-likeness (QED) is 0.827. The Balaban J connectivity index is 2.26. The maximum atomic E-state index is 11.1. The lowest BCUT2D eigenvalue weighted by molar-refractivity contribution is 0.428. The molecule has 2 heterocycles. The van der Waals surface area contributed by atoms with Crippen LogP contribution in [0.2, 0.25) is 0 Å². The molecule has 6 nitrogen and oxygen atoms in total. The first-order valence-electron chi connectivity index (χ1n) is 5.47. The summed E-state index contributed by atoms with van der Waals surface area (Å²) < 4.78 is 5.48. The van der Waals surface area contributed by atoms with Crippen molar-refractivity contribution < 1.29 is 4.42 Å². The summed E-state index contributed by atoms with van der Waals surface area (Å²) in [7, 11) is 0. The Morgan fingerprint density at radius 3 is 3.00 bits per heavy atom. The maximum Gasteiger partial charge on any atom is 0.264 e.